The van der Waals surface area contributed by atoms with E-state index >= 15 is 0 Å². The second-order valence-electron chi connectivity index (χ2n) is 4.28. The molecule has 2 nitrogen and oxygen atoms in total. The summed E-state index contributed by atoms with van der Waals surface area (Å²) in [6.07, 6.45) is 4.22. The van der Waals surface area contributed by atoms with E-state index in [2.05, 4.69) is 17.1 Å². The van der Waals surface area contributed by atoms with Crippen molar-refractivity contribution in [2.24, 2.45) is 5.92 Å². The van der Waals surface area contributed by atoms with Crippen LogP contribution in [0.3, 0.4) is 0 Å². The van der Waals surface area contributed by atoms with Gasteiger partial charge in [-0.15, -0.1) is 0 Å². The number of nitrogens with zero attached hydrogens (tertiary/aromatic N) is 1. The predicted octanol–water partition coefficient (Wildman–Crippen LogP) is 1.08. The Kier molecular flexibility index (Phi) is 2.66. The molecule has 2 heterocycles. The lowest BCUT2D eigenvalue weighted by Gasteiger charge is -2.36. The molecule has 2 aliphatic heterocycles. The maximum Gasteiger partial charge on any atom is 0.0145 e. The fourth-order valence-corrected chi connectivity index (χ4v) is 2.62. The largest absolute Gasteiger partial charge is 0.316 e. The third kappa shape index (κ3) is 1.64. The van der Waals surface area contributed by atoms with E-state index in [4.69, 9.17) is 0 Å². The first kappa shape index (κ1) is 8.52. The van der Waals surface area contributed by atoms with Crippen LogP contribution >= 0.6 is 0 Å². The molecule has 0 spiro atoms. The van der Waals surface area contributed by atoms with Crippen molar-refractivity contribution in [3.05, 3.63) is 0 Å². The highest BCUT2D eigenvalue weighted by molar-refractivity contribution is 4.85. The molecule has 0 unspecified atom stereocenters. The Labute approximate surface area is 75.3 Å². The van der Waals surface area contributed by atoms with Crippen LogP contribution in [0.15, 0.2) is 0 Å². The molecule has 12 heavy (non-hydrogen) atoms. The van der Waals surface area contributed by atoms with E-state index in [1.807, 2.05) is 0 Å². The Balaban J connectivity index is 1.91. The minimum atomic E-state index is 0.858. The van der Waals surface area contributed by atoms with Gasteiger partial charge in [0.2, 0.25) is 0 Å². The first-order valence-corrected chi connectivity index (χ1v) is 5.32. The van der Waals surface area contributed by atoms with Crippen LogP contribution in [0.2, 0.25) is 0 Å². The molecule has 0 saturated carbocycles. The summed E-state index contributed by atoms with van der Waals surface area (Å²) in [6.45, 7) is 7.55. The van der Waals surface area contributed by atoms with E-state index in [1.165, 1.54) is 45.4 Å². The molecule has 2 saturated heterocycles. The van der Waals surface area contributed by atoms with Gasteiger partial charge in [-0.25, -0.2) is 0 Å². The topological polar surface area (TPSA) is 15.3 Å². The Morgan fingerprint density at radius 2 is 2.00 bits per heavy atom. The van der Waals surface area contributed by atoms with Gasteiger partial charge in [-0.3, -0.25) is 0 Å². The molecule has 0 bridgehead atoms. The van der Waals surface area contributed by atoms with Crippen molar-refractivity contribution in [3.8, 4) is 0 Å². The van der Waals surface area contributed by atoms with Gasteiger partial charge in [0.1, 0.15) is 0 Å². The van der Waals surface area contributed by atoms with Gasteiger partial charge in [0, 0.05) is 6.04 Å². The van der Waals surface area contributed by atoms with Crippen molar-refractivity contribution in [1.29, 1.82) is 0 Å². The van der Waals surface area contributed by atoms with E-state index in [-0.39, 0.29) is 0 Å². The molecule has 2 heteroatoms. The van der Waals surface area contributed by atoms with E-state index in [9.17, 15) is 0 Å². The second-order valence-corrected chi connectivity index (χ2v) is 4.28. The lowest BCUT2D eigenvalue weighted by molar-refractivity contribution is 0.148. The summed E-state index contributed by atoms with van der Waals surface area (Å²) in [5, 5.41) is 3.46. The predicted molar refractivity (Wildman–Crippen MR) is 51.2 cm³/mol. The van der Waals surface area contributed by atoms with E-state index in [1.54, 1.807) is 0 Å². The first-order valence-electron chi connectivity index (χ1n) is 5.32. The summed E-state index contributed by atoms with van der Waals surface area (Å²) >= 11 is 0. The standard InChI is InChI=1S/C10H20N2/c1-9-8-11-5-4-10(9)12-6-2-3-7-12/h9-11H,2-8H2,1H3/t9-,10+/m1/s1. The van der Waals surface area contributed by atoms with E-state index < -0.39 is 0 Å². The average Bonchev–Trinajstić information content (AvgIpc) is 2.57. The maximum atomic E-state index is 3.46. The molecule has 2 aliphatic rings. The number of likely N-dealkylation sites (tertiary alicyclic amines) is 1. The van der Waals surface area contributed by atoms with Crippen LogP contribution in [-0.4, -0.2) is 37.1 Å². The summed E-state index contributed by atoms with van der Waals surface area (Å²) in [6, 6.07) is 0.883. The van der Waals surface area contributed by atoms with Crippen LogP contribution in [0, 0.1) is 5.92 Å². The summed E-state index contributed by atoms with van der Waals surface area (Å²) in [7, 11) is 0. The summed E-state index contributed by atoms with van der Waals surface area (Å²) in [4.78, 5) is 2.70. The third-order valence-electron chi connectivity index (χ3n) is 3.35. The fraction of sp³-hybridized carbons (Fsp3) is 1.00. The Morgan fingerprint density at radius 1 is 1.25 bits per heavy atom. The minimum absolute atomic E-state index is 0.858. The zero-order valence-corrected chi connectivity index (χ0v) is 8.05. The Morgan fingerprint density at radius 3 is 2.67 bits per heavy atom. The van der Waals surface area contributed by atoms with Gasteiger partial charge in [-0.1, -0.05) is 6.92 Å². The van der Waals surface area contributed by atoms with Crippen LogP contribution in [0.25, 0.3) is 0 Å². The summed E-state index contributed by atoms with van der Waals surface area (Å²) in [5.74, 6) is 0.858. The number of piperidine rings is 1. The normalized spacial score (nSPS) is 38.8. The van der Waals surface area contributed by atoms with Crippen molar-refractivity contribution in [2.75, 3.05) is 26.2 Å². The third-order valence-corrected chi connectivity index (χ3v) is 3.35. The molecule has 0 amide bonds. The lowest BCUT2D eigenvalue weighted by atomic mass is 9.94. The highest BCUT2D eigenvalue weighted by atomic mass is 15.2. The van der Waals surface area contributed by atoms with Gasteiger partial charge in [0.15, 0.2) is 0 Å². The number of hydrogen-bond acceptors (Lipinski definition) is 2. The van der Waals surface area contributed by atoms with Crippen LogP contribution in [-0.2, 0) is 0 Å². The van der Waals surface area contributed by atoms with E-state index in [0.717, 1.165) is 12.0 Å². The van der Waals surface area contributed by atoms with Crippen molar-refractivity contribution >= 4 is 0 Å². The zero-order valence-electron chi connectivity index (χ0n) is 8.05. The highest BCUT2D eigenvalue weighted by Crippen LogP contribution is 2.21. The molecule has 2 atom stereocenters. The summed E-state index contributed by atoms with van der Waals surface area (Å²) < 4.78 is 0. The molecule has 0 aromatic heterocycles. The molecular formula is C10H20N2. The van der Waals surface area contributed by atoms with Gasteiger partial charge in [0.25, 0.3) is 0 Å². The average molecular weight is 168 g/mol. The molecule has 0 aromatic carbocycles. The SMILES string of the molecule is C[C@@H]1CNCC[C@@H]1N1CCCC1. The van der Waals surface area contributed by atoms with Crippen molar-refractivity contribution in [1.82, 2.24) is 10.2 Å². The quantitative estimate of drug-likeness (QED) is 0.630. The van der Waals surface area contributed by atoms with Crippen LogP contribution in [0.4, 0.5) is 0 Å². The second kappa shape index (κ2) is 3.75. The van der Waals surface area contributed by atoms with Crippen molar-refractivity contribution in [3.63, 3.8) is 0 Å². The smallest absolute Gasteiger partial charge is 0.0145 e. The maximum absolute atomic E-state index is 3.46. The molecule has 2 rings (SSSR count). The fourth-order valence-electron chi connectivity index (χ4n) is 2.62. The molecule has 0 aliphatic carbocycles. The van der Waals surface area contributed by atoms with Crippen LogP contribution < -0.4 is 5.32 Å². The number of nitrogens with one attached hydrogen (secondary N) is 1. The monoisotopic (exact) mass is 168 g/mol. The van der Waals surface area contributed by atoms with Crippen molar-refractivity contribution < 1.29 is 0 Å². The molecular weight excluding hydrogens is 148 g/mol. The van der Waals surface area contributed by atoms with Gasteiger partial charge >= 0.3 is 0 Å². The van der Waals surface area contributed by atoms with E-state index in [0.29, 0.717) is 0 Å². The van der Waals surface area contributed by atoms with Crippen LogP contribution in [0.5, 0.6) is 0 Å². The molecule has 70 valence electrons. The zero-order chi connectivity index (χ0) is 8.39. The Hall–Kier alpha value is -0.0800. The first-order chi connectivity index (χ1) is 5.88. The van der Waals surface area contributed by atoms with Gasteiger partial charge in [-0.2, -0.15) is 0 Å². The van der Waals surface area contributed by atoms with Crippen LogP contribution in [0.1, 0.15) is 26.2 Å². The molecule has 1 N–H and O–H groups in total. The molecule has 0 radical (unpaired) electrons. The number of rotatable bonds is 1. The summed E-state index contributed by atoms with van der Waals surface area (Å²) in [5.41, 5.74) is 0. The van der Waals surface area contributed by atoms with Gasteiger partial charge < -0.3 is 10.2 Å². The Bertz CT molecular complexity index is 141. The van der Waals surface area contributed by atoms with Gasteiger partial charge in [-0.05, 0) is 51.4 Å². The molecule has 2 fully saturated rings. The highest BCUT2D eigenvalue weighted by Gasteiger charge is 2.28. The molecule has 0 aromatic rings. The van der Waals surface area contributed by atoms with Gasteiger partial charge in [0.05, 0.1) is 0 Å². The minimum Gasteiger partial charge on any atom is -0.316 e. The number of hydrogen-bond donors (Lipinski definition) is 1. The lowest BCUT2D eigenvalue weighted by Crippen LogP contribution is -2.47. The van der Waals surface area contributed by atoms with Crippen molar-refractivity contribution in [2.45, 2.75) is 32.2 Å².